The summed E-state index contributed by atoms with van der Waals surface area (Å²) in [5.74, 6) is 0.299. The van der Waals surface area contributed by atoms with Gasteiger partial charge in [-0.15, -0.1) is 0 Å². The van der Waals surface area contributed by atoms with Crippen LogP contribution in [-0.4, -0.2) is 57.8 Å². The summed E-state index contributed by atoms with van der Waals surface area (Å²) in [5.41, 5.74) is 5.65. The first-order valence-electron chi connectivity index (χ1n) is 7.32. The topological polar surface area (TPSA) is 105 Å². The molecule has 0 aromatic carbocycles. The zero-order chi connectivity index (χ0) is 16.2. The molecule has 0 saturated carbocycles. The fourth-order valence-corrected chi connectivity index (χ4v) is 3.64. The first-order chi connectivity index (χ1) is 11.1. The molecule has 3 N–H and O–H groups in total. The van der Waals surface area contributed by atoms with E-state index < -0.39 is 24.0 Å². The predicted molar refractivity (Wildman–Crippen MR) is 82.0 cm³/mol. The third-order valence-corrected chi connectivity index (χ3v) is 4.73. The number of aliphatic hydroxyl groups excluding tert-OH is 1. The molecular weight excluding hydrogens is 324 g/mol. The smallest absolute Gasteiger partial charge is 0.226 e. The molecule has 23 heavy (non-hydrogen) atoms. The van der Waals surface area contributed by atoms with Gasteiger partial charge in [0.05, 0.1) is 18.6 Å². The lowest BCUT2D eigenvalue weighted by molar-refractivity contribution is -0.149. The Kier molecular flexibility index (Phi) is 3.47. The number of rotatable bonds is 3. The molecule has 2 fully saturated rings. The fourth-order valence-electron chi connectivity index (χ4n) is 3.47. The van der Waals surface area contributed by atoms with Crippen LogP contribution in [0, 0.1) is 0 Å². The normalized spacial score (nSPS) is 33.4. The average Bonchev–Trinajstić information content (AvgIpc) is 2.95. The molecule has 124 valence electrons. The third-order valence-electron chi connectivity index (χ3n) is 4.56. The van der Waals surface area contributed by atoms with Crippen molar-refractivity contribution < 1.29 is 19.3 Å². The van der Waals surface area contributed by atoms with Crippen molar-refractivity contribution in [3.63, 3.8) is 0 Å². The summed E-state index contributed by atoms with van der Waals surface area (Å²) in [6.45, 7) is 0.792. The molecular formula is C14H17ClN4O4. The van der Waals surface area contributed by atoms with Crippen molar-refractivity contribution in [2.24, 2.45) is 0 Å². The van der Waals surface area contributed by atoms with Gasteiger partial charge in [0.25, 0.3) is 0 Å². The molecule has 2 aliphatic rings. The van der Waals surface area contributed by atoms with E-state index in [2.05, 4.69) is 9.97 Å². The number of nitrogens with zero attached hydrogens (tertiary/aromatic N) is 3. The Bertz CT molecular complexity index is 750. The van der Waals surface area contributed by atoms with Crippen LogP contribution in [0.25, 0.3) is 11.0 Å². The first-order valence-corrected chi connectivity index (χ1v) is 7.69. The van der Waals surface area contributed by atoms with Crippen LogP contribution in [0.3, 0.4) is 0 Å². The molecule has 2 bridgehead atoms. The number of aromatic nitrogens is 3. The largest absolute Gasteiger partial charge is 0.387 e. The van der Waals surface area contributed by atoms with E-state index in [1.807, 2.05) is 0 Å². The quantitative estimate of drug-likeness (QED) is 0.793. The lowest BCUT2D eigenvalue weighted by Gasteiger charge is -2.34. The van der Waals surface area contributed by atoms with Gasteiger partial charge >= 0.3 is 0 Å². The van der Waals surface area contributed by atoms with Crippen LogP contribution in [0.2, 0.25) is 5.28 Å². The van der Waals surface area contributed by atoms with Crippen molar-refractivity contribution >= 4 is 28.5 Å². The number of anilines is 1. The minimum absolute atomic E-state index is 0.0593. The van der Waals surface area contributed by atoms with Gasteiger partial charge in [0, 0.05) is 19.7 Å². The second kappa shape index (κ2) is 5.29. The van der Waals surface area contributed by atoms with Gasteiger partial charge < -0.3 is 29.6 Å². The Balaban J connectivity index is 1.80. The summed E-state index contributed by atoms with van der Waals surface area (Å²) < 4.78 is 18.9. The monoisotopic (exact) mass is 340 g/mol. The number of nitrogens with two attached hydrogens (primary N) is 1. The molecule has 8 nitrogen and oxygen atoms in total. The molecule has 9 heteroatoms. The number of hydrogen-bond acceptors (Lipinski definition) is 7. The van der Waals surface area contributed by atoms with E-state index in [0.29, 0.717) is 36.5 Å². The zero-order valence-electron chi connectivity index (χ0n) is 12.5. The van der Waals surface area contributed by atoms with Crippen LogP contribution in [0.15, 0.2) is 12.3 Å². The van der Waals surface area contributed by atoms with Gasteiger partial charge in [-0.3, -0.25) is 0 Å². The number of ether oxygens (including phenoxy) is 3. The summed E-state index contributed by atoms with van der Waals surface area (Å²) >= 11 is 5.92. The maximum Gasteiger partial charge on any atom is 0.226 e. The molecule has 0 radical (unpaired) electrons. The number of aliphatic hydroxyl groups is 1. The van der Waals surface area contributed by atoms with Crippen LogP contribution in [0.4, 0.5) is 5.82 Å². The van der Waals surface area contributed by atoms with Gasteiger partial charge in [0.15, 0.2) is 6.23 Å². The van der Waals surface area contributed by atoms with E-state index in [4.69, 9.17) is 31.5 Å². The maximum atomic E-state index is 10.6. The fraction of sp³-hybridized carbons (Fsp3) is 0.571. The Hall–Kier alpha value is -1.45. The van der Waals surface area contributed by atoms with Gasteiger partial charge in [-0.1, -0.05) is 0 Å². The average molecular weight is 341 g/mol. The van der Waals surface area contributed by atoms with Gasteiger partial charge in [-0.05, 0) is 17.7 Å². The molecule has 0 spiro atoms. The molecule has 4 atom stereocenters. The number of fused-ring (bicyclic) bond motifs is 3. The Morgan fingerprint density at radius 3 is 3.17 bits per heavy atom. The van der Waals surface area contributed by atoms with Gasteiger partial charge in [0.1, 0.15) is 29.3 Å². The van der Waals surface area contributed by atoms with Crippen molar-refractivity contribution in [3.8, 4) is 0 Å². The van der Waals surface area contributed by atoms with E-state index in [1.54, 1.807) is 23.9 Å². The Morgan fingerprint density at radius 1 is 1.57 bits per heavy atom. The van der Waals surface area contributed by atoms with E-state index in [9.17, 15) is 5.11 Å². The summed E-state index contributed by atoms with van der Waals surface area (Å²) in [7, 11) is 1.58. The number of nitrogen functional groups attached to an aromatic ring is 1. The van der Waals surface area contributed by atoms with E-state index in [1.165, 1.54) is 0 Å². The van der Waals surface area contributed by atoms with E-state index >= 15 is 0 Å². The molecule has 2 saturated heterocycles. The summed E-state index contributed by atoms with van der Waals surface area (Å²) in [6, 6.07) is 1.79. The molecule has 2 aromatic rings. The second-order valence-electron chi connectivity index (χ2n) is 5.87. The highest BCUT2D eigenvalue weighted by Gasteiger charge is 2.58. The first kappa shape index (κ1) is 15.1. The standard InChI is InChI=1S/C14H17ClN4O4/c1-21-6-14-3-5-22-8(9(14)20)12(23-14)19-4-2-7-10(16)17-13(15)18-11(7)19/h2,4,8-9,12,20H,3,5-6H2,1H3,(H2,16,17,18)/t8?,9?,12-,14-/m1/s1. The van der Waals surface area contributed by atoms with E-state index in [0.717, 1.165) is 0 Å². The molecule has 2 unspecified atom stereocenters. The van der Waals surface area contributed by atoms with Crippen molar-refractivity contribution in [3.05, 3.63) is 17.5 Å². The number of hydrogen-bond donors (Lipinski definition) is 2. The van der Waals surface area contributed by atoms with Crippen molar-refractivity contribution in [2.75, 3.05) is 26.1 Å². The van der Waals surface area contributed by atoms with Crippen molar-refractivity contribution in [1.82, 2.24) is 14.5 Å². The van der Waals surface area contributed by atoms with Crippen molar-refractivity contribution in [2.45, 2.75) is 30.5 Å². The van der Waals surface area contributed by atoms with Crippen LogP contribution >= 0.6 is 11.6 Å². The third kappa shape index (κ3) is 2.14. The lowest BCUT2D eigenvalue weighted by atomic mass is 9.90. The van der Waals surface area contributed by atoms with Crippen molar-refractivity contribution in [1.29, 1.82) is 0 Å². The van der Waals surface area contributed by atoms with Crippen LogP contribution in [-0.2, 0) is 14.2 Å². The SMILES string of the molecule is COC[C@]12CCOC(C1O)[C@H](n1ccc3c(N)nc(Cl)nc31)O2. The summed E-state index contributed by atoms with van der Waals surface area (Å²) in [5, 5.41) is 11.3. The van der Waals surface area contributed by atoms with Crippen LogP contribution in [0.1, 0.15) is 12.6 Å². The molecule has 2 aromatic heterocycles. The maximum absolute atomic E-state index is 10.6. The Labute approximate surface area is 137 Å². The predicted octanol–water partition coefficient (Wildman–Crippen LogP) is 0.731. The minimum Gasteiger partial charge on any atom is -0.387 e. The highest BCUT2D eigenvalue weighted by atomic mass is 35.5. The minimum atomic E-state index is -0.784. The van der Waals surface area contributed by atoms with Gasteiger partial charge in [0.2, 0.25) is 5.28 Å². The highest BCUT2D eigenvalue weighted by Crippen LogP contribution is 2.45. The van der Waals surface area contributed by atoms with Gasteiger partial charge in [-0.25, -0.2) is 4.98 Å². The summed E-state index contributed by atoms with van der Waals surface area (Å²) in [6.07, 6.45) is 0.517. The molecule has 0 aliphatic carbocycles. The highest BCUT2D eigenvalue weighted by molar-refractivity contribution is 6.28. The molecule has 4 heterocycles. The number of halogens is 1. The lowest BCUT2D eigenvalue weighted by Crippen LogP contribution is -2.51. The summed E-state index contributed by atoms with van der Waals surface area (Å²) in [4.78, 5) is 8.18. The zero-order valence-corrected chi connectivity index (χ0v) is 13.2. The molecule has 4 rings (SSSR count). The Morgan fingerprint density at radius 2 is 2.39 bits per heavy atom. The molecule has 0 amide bonds. The number of methoxy groups -OCH3 is 1. The van der Waals surface area contributed by atoms with Gasteiger partial charge in [-0.2, -0.15) is 4.98 Å². The van der Waals surface area contributed by atoms with E-state index in [-0.39, 0.29) is 5.28 Å². The molecule has 2 aliphatic heterocycles. The van der Waals surface area contributed by atoms with Crippen LogP contribution < -0.4 is 5.73 Å². The second-order valence-corrected chi connectivity index (χ2v) is 6.21. The van der Waals surface area contributed by atoms with Crippen LogP contribution in [0.5, 0.6) is 0 Å².